The molecule has 0 aromatic carbocycles. The van der Waals surface area contributed by atoms with Gasteiger partial charge in [0.15, 0.2) is 0 Å². The maximum absolute atomic E-state index is 10.9. The van der Waals surface area contributed by atoms with E-state index in [0.717, 1.165) is 8.66 Å². The molecular weight excluding hydrogens is 282 g/mol. The van der Waals surface area contributed by atoms with Gasteiger partial charge >= 0.3 is 5.97 Å². The highest BCUT2D eigenvalue weighted by atomic mass is 79.9. The SMILES string of the molecule is CC(=O)N[C@@H](CC(=O)O)c1ccc(Br)s1. The summed E-state index contributed by atoms with van der Waals surface area (Å²) in [6.45, 7) is 1.37. The lowest BCUT2D eigenvalue weighted by Gasteiger charge is -2.13. The van der Waals surface area contributed by atoms with Gasteiger partial charge in [0.1, 0.15) is 0 Å². The number of carboxylic acid groups (broad SMARTS) is 1. The van der Waals surface area contributed by atoms with Crippen molar-refractivity contribution in [2.75, 3.05) is 0 Å². The summed E-state index contributed by atoms with van der Waals surface area (Å²) >= 11 is 4.71. The third kappa shape index (κ3) is 4.01. The summed E-state index contributed by atoms with van der Waals surface area (Å²) < 4.78 is 0.915. The van der Waals surface area contributed by atoms with Gasteiger partial charge in [-0.1, -0.05) is 0 Å². The highest BCUT2D eigenvalue weighted by Crippen LogP contribution is 2.28. The van der Waals surface area contributed by atoms with Crippen molar-refractivity contribution < 1.29 is 14.7 Å². The van der Waals surface area contributed by atoms with Gasteiger partial charge in [-0.25, -0.2) is 0 Å². The smallest absolute Gasteiger partial charge is 0.305 e. The fourth-order valence-corrected chi connectivity index (χ4v) is 2.63. The number of rotatable bonds is 4. The molecule has 2 N–H and O–H groups in total. The molecule has 15 heavy (non-hydrogen) atoms. The Morgan fingerprint density at radius 2 is 2.27 bits per heavy atom. The Hall–Kier alpha value is -0.880. The maximum Gasteiger partial charge on any atom is 0.305 e. The summed E-state index contributed by atoms with van der Waals surface area (Å²) in [7, 11) is 0. The van der Waals surface area contributed by atoms with Crippen LogP contribution in [0.4, 0.5) is 0 Å². The minimum atomic E-state index is -0.932. The Balaban J connectivity index is 2.80. The van der Waals surface area contributed by atoms with Crippen molar-refractivity contribution in [3.05, 3.63) is 20.8 Å². The lowest BCUT2D eigenvalue weighted by Crippen LogP contribution is -2.27. The second-order valence-corrected chi connectivity index (χ2v) is 5.49. The number of halogens is 1. The molecule has 0 saturated heterocycles. The van der Waals surface area contributed by atoms with Crippen LogP contribution in [0.5, 0.6) is 0 Å². The first kappa shape index (κ1) is 12.2. The van der Waals surface area contributed by atoms with E-state index in [1.54, 1.807) is 6.07 Å². The predicted octanol–water partition coefficient (Wildman–Crippen LogP) is 2.16. The summed E-state index contributed by atoms with van der Waals surface area (Å²) in [6, 6.07) is 3.19. The standard InChI is InChI=1S/C9H10BrNO3S/c1-5(12)11-6(4-9(13)14)7-2-3-8(10)15-7/h2-3,6H,4H2,1H3,(H,11,12)(H,13,14)/t6-/m0/s1. The lowest BCUT2D eigenvalue weighted by molar-refractivity contribution is -0.137. The molecule has 1 heterocycles. The minimum Gasteiger partial charge on any atom is -0.481 e. The molecule has 1 atom stereocenters. The van der Waals surface area contributed by atoms with Crippen molar-refractivity contribution in [3.63, 3.8) is 0 Å². The summed E-state index contributed by atoms with van der Waals surface area (Å²) in [6.07, 6.45) is -0.105. The van der Waals surface area contributed by atoms with Crippen molar-refractivity contribution in [1.29, 1.82) is 0 Å². The van der Waals surface area contributed by atoms with E-state index in [9.17, 15) is 9.59 Å². The van der Waals surface area contributed by atoms with Crippen LogP contribution < -0.4 is 5.32 Å². The molecule has 0 aliphatic heterocycles. The van der Waals surface area contributed by atoms with Crippen LogP contribution in [0.15, 0.2) is 15.9 Å². The van der Waals surface area contributed by atoms with Crippen molar-refractivity contribution in [3.8, 4) is 0 Å². The van der Waals surface area contributed by atoms with Gasteiger partial charge in [-0.15, -0.1) is 11.3 Å². The first-order valence-corrected chi connectivity index (χ1v) is 5.84. The average Bonchev–Trinajstić information content (AvgIpc) is 2.48. The Morgan fingerprint density at radius 3 is 2.67 bits per heavy atom. The van der Waals surface area contributed by atoms with Crippen LogP contribution in [-0.4, -0.2) is 17.0 Å². The van der Waals surface area contributed by atoms with Crippen molar-refractivity contribution in [2.24, 2.45) is 0 Å². The zero-order valence-electron chi connectivity index (χ0n) is 7.99. The molecule has 0 unspecified atom stereocenters. The molecule has 82 valence electrons. The largest absolute Gasteiger partial charge is 0.481 e. The highest BCUT2D eigenvalue weighted by Gasteiger charge is 2.17. The Bertz CT molecular complexity index is 361. The normalized spacial score (nSPS) is 12.1. The number of thiophene rings is 1. The van der Waals surface area contributed by atoms with Gasteiger partial charge in [0.25, 0.3) is 0 Å². The highest BCUT2D eigenvalue weighted by molar-refractivity contribution is 9.11. The fourth-order valence-electron chi connectivity index (χ4n) is 1.16. The topological polar surface area (TPSA) is 66.4 Å². The number of hydrogen-bond donors (Lipinski definition) is 2. The summed E-state index contributed by atoms with van der Waals surface area (Å²) in [5.74, 6) is -1.16. The molecule has 0 spiro atoms. The zero-order valence-corrected chi connectivity index (χ0v) is 10.4. The van der Waals surface area contributed by atoms with E-state index in [1.807, 2.05) is 6.07 Å². The molecule has 4 nitrogen and oxygen atoms in total. The summed E-state index contributed by atoms with van der Waals surface area (Å²) in [4.78, 5) is 22.4. The molecule has 0 aliphatic rings. The van der Waals surface area contributed by atoms with Crippen molar-refractivity contribution >= 4 is 39.1 Å². The molecule has 0 radical (unpaired) electrons. The van der Waals surface area contributed by atoms with Crippen LogP contribution in [0.25, 0.3) is 0 Å². The van der Waals surface area contributed by atoms with E-state index >= 15 is 0 Å². The number of nitrogens with one attached hydrogen (secondary N) is 1. The number of hydrogen-bond acceptors (Lipinski definition) is 3. The molecule has 0 aliphatic carbocycles. The molecule has 1 aromatic rings. The average molecular weight is 292 g/mol. The van der Waals surface area contributed by atoms with E-state index in [0.29, 0.717) is 0 Å². The Labute approximate surface area is 99.4 Å². The number of carbonyl (C=O) groups is 2. The maximum atomic E-state index is 10.9. The van der Waals surface area contributed by atoms with E-state index in [-0.39, 0.29) is 12.3 Å². The van der Waals surface area contributed by atoms with Gasteiger partial charge in [-0.3, -0.25) is 9.59 Å². The van der Waals surface area contributed by atoms with Crippen molar-refractivity contribution in [2.45, 2.75) is 19.4 Å². The fraction of sp³-hybridized carbons (Fsp3) is 0.333. The molecule has 0 fully saturated rings. The number of aliphatic carboxylic acids is 1. The number of carbonyl (C=O) groups excluding carboxylic acids is 1. The molecular formula is C9H10BrNO3S. The summed E-state index contributed by atoms with van der Waals surface area (Å²) in [5, 5.41) is 11.3. The lowest BCUT2D eigenvalue weighted by atomic mass is 10.1. The quantitative estimate of drug-likeness (QED) is 0.893. The van der Waals surface area contributed by atoms with Gasteiger partial charge < -0.3 is 10.4 Å². The van der Waals surface area contributed by atoms with Crippen LogP contribution in [0.2, 0.25) is 0 Å². The first-order chi connectivity index (χ1) is 6.99. The minimum absolute atomic E-state index is 0.105. The van der Waals surface area contributed by atoms with Crippen LogP contribution in [0.1, 0.15) is 24.3 Å². The summed E-state index contributed by atoms with van der Waals surface area (Å²) in [5.41, 5.74) is 0. The molecule has 1 rings (SSSR count). The van der Waals surface area contributed by atoms with Gasteiger partial charge in [0.2, 0.25) is 5.91 Å². The van der Waals surface area contributed by atoms with Gasteiger partial charge in [-0.05, 0) is 28.1 Å². The molecule has 0 bridgehead atoms. The van der Waals surface area contributed by atoms with Gasteiger partial charge in [-0.2, -0.15) is 0 Å². The molecule has 1 amide bonds. The van der Waals surface area contributed by atoms with Gasteiger partial charge in [0, 0.05) is 11.8 Å². The molecule has 1 aromatic heterocycles. The van der Waals surface area contributed by atoms with Crippen LogP contribution in [0, 0.1) is 0 Å². The van der Waals surface area contributed by atoms with E-state index in [1.165, 1.54) is 18.3 Å². The first-order valence-electron chi connectivity index (χ1n) is 4.23. The zero-order chi connectivity index (χ0) is 11.4. The third-order valence-corrected chi connectivity index (χ3v) is 3.43. The second-order valence-electron chi connectivity index (χ2n) is 2.99. The van der Waals surface area contributed by atoms with Crippen LogP contribution >= 0.6 is 27.3 Å². The van der Waals surface area contributed by atoms with Crippen molar-refractivity contribution in [1.82, 2.24) is 5.32 Å². The molecule has 0 saturated carbocycles. The van der Waals surface area contributed by atoms with Crippen LogP contribution in [0.3, 0.4) is 0 Å². The monoisotopic (exact) mass is 291 g/mol. The Morgan fingerprint density at radius 1 is 1.60 bits per heavy atom. The van der Waals surface area contributed by atoms with Crippen LogP contribution in [-0.2, 0) is 9.59 Å². The molecule has 6 heteroatoms. The van der Waals surface area contributed by atoms with E-state index < -0.39 is 12.0 Å². The second kappa shape index (κ2) is 5.27. The number of amides is 1. The Kier molecular flexibility index (Phi) is 4.28. The van der Waals surface area contributed by atoms with Gasteiger partial charge in [0.05, 0.1) is 16.2 Å². The number of carboxylic acids is 1. The third-order valence-electron chi connectivity index (χ3n) is 1.69. The predicted molar refractivity (Wildman–Crippen MR) is 60.8 cm³/mol. The van der Waals surface area contributed by atoms with E-state index in [4.69, 9.17) is 5.11 Å². The van der Waals surface area contributed by atoms with E-state index in [2.05, 4.69) is 21.2 Å².